The molecule has 0 heterocycles. The van der Waals surface area contributed by atoms with Crippen LogP contribution in [0.15, 0.2) is 30.3 Å². The largest absolute Gasteiger partial charge is 0.293 e. The Bertz CT molecular complexity index is 306. The average Bonchev–Trinajstić information content (AvgIpc) is 2.26. The Morgan fingerprint density at radius 1 is 1.20 bits per heavy atom. The van der Waals surface area contributed by atoms with Crippen LogP contribution in [0.2, 0.25) is 0 Å². The van der Waals surface area contributed by atoms with Crippen LogP contribution < -0.4 is 0 Å². The predicted octanol–water partition coefficient (Wildman–Crippen LogP) is 3.65. The van der Waals surface area contributed by atoms with Gasteiger partial charge in [0.05, 0.1) is 5.25 Å². The fourth-order valence-corrected chi connectivity index (χ4v) is 2.21. The van der Waals surface area contributed by atoms with Crippen LogP contribution in [0.3, 0.4) is 0 Å². The van der Waals surface area contributed by atoms with Crippen LogP contribution in [0.5, 0.6) is 0 Å². The summed E-state index contributed by atoms with van der Waals surface area (Å²) < 4.78 is 0. The second-order valence-electron chi connectivity index (χ2n) is 4.10. The van der Waals surface area contributed by atoms with Gasteiger partial charge in [-0.2, -0.15) is 11.8 Å². The molecule has 1 nitrogen and oxygen atoms in total. The van der Waals surface area contributed by atoms with Crippen LogP contribution in [-0.4, -0.2) is 16.8 Å². The Morgan fingerprint density at radius 3 is 2.33 bits per heavy atom. The lowest BCUT2D eigenvalue weighted by Gasteiger charge is -2.11. The van der Waals surface area contributed by atoms with E-state index in [9.17, 15) is 4.79 Å². The van der Waals surface area contributed by atoms with Crippen molar-refractivity contribution < 1.29 is 4.79 Å². The number of hydrogen-bond acceptors (Lipinski definition) is 2. The van der Waals surface area contributed by atoms with Gasteiger partial charge in [0.2, 0.25) is 0 Å². The highest BCUT2D eigenvalue weighted by molar-refractivity contribution is 8.00. The van der Waals surface area contributed by atoms with Gasteiger partial charge in [-0.05, 0) is 18.6 Å². The SMILES string of the molecule is CC(C)CSC(C)C(=O)c1ccccc1. The summed E-state index contributed by atoms with van der Waals surface area (Å²) in [5.41, 5.74) is 0.821. The van der Waals surface area contributed by atoms with Gasteiger partial charge in [-0.1, -0.05) is 44.2 Å². The minimum absolute atomic E-state index is 0.0646. The molecule has 0 spiro atoms. The van der Waals surface area contributed by atoms with Gasteiger partial charge in [0, 0.05) is 5.56 Å². The Hall–Kier alpha value is -0.760. The van der Waals surface area contributed by atoms with Crippen LogP contribution in [0, 0.1) is 5.92 Å². The van der Waals surface area contributed by atoms with E-state index >= 15 is 0 Å². The summed E-state index contributed by atoms with van der Waals surface area (Å²) in [5.74, 6) is 1.92. The van der Waals surface area contributed by atoms with E-state index < -0.39 is 0 Å². The van der Waals surface area contributed by atoms with Gasteiger partial charge in [-0.3, -0.25) is 4.79 Å². The fourth-order valence-electron chi connectivity index (χ4n) is 1.25. The minimum Gasteiger partial charge on any atom is -0.293 e. The zero-order chi connectivity index (χ0) is 11.3. The molecule has 82 valence electrons. The molecule has 0 aromatic heterocycles. The summed E-state index contributed by atoms with van der Waals surface area (Å²) in [4.78, 5) is 11.9. The lowest BCUT2D eigenvalue weighted by molar-refractivity contribution is 0.0994. The molecule has 2 heteroatoms. The number of hydrogen-bond donors (Lipinski definition) is 0. The molecule has 0 N–H and O–H groups in total. The van der Waals surface area contributed by atoms with Crippen molar-refractivity contribution in [3.05, 3.63) is 35.9 Å². The van der Waals surface area contributed by atoms with Crippen molar-refractivity contribution in [3.63, 3.8) is 0 Å². The molecule has 15 heavy (non-hydrogen) atoms. The second-order valence-corrected chi connectivity index (χ2v) is 5.47. The van der Waals surface area contributed by atoms with Crippen molar-refractivity contribution in [1.82, 2.24) is 0 Å². The molecule has 0 saturated carbocycles. The third-order valence-electron chi connectivity index (χ3n) is 2.11. The maximum Gasteiger partial charge on any atom is 0.175 e. The van der Waals surface area contributed by atoms with Crippen LogP contribution in [-0.2, 0) is 0 Å². The molecule has 0 aliphatic rings. The molecule has 1 rings (SSSR count). The van der Waals surface area contributed by atoms with Crippen LogP contribution >= 0.6 is 11.8 Å². The molecule has 0 amide bonds. The maximum absolute atomic E-state index is 11.9. The molecule has 0 aliphatic heterocycles. The van der Waals surface area contributed by atoms with Gasteiger partial charge >= 0.3 is 0 Å². The second kappa shape index (κ2) is 5.96. The number of ketones is 1. The topological polar surface area (TPSA) is 17.1 Å². The van der Waals surface area contributed by atoms with Crippen molar-refractivity contribution in [3.8, 4) is 0 Å². The summed E-state index contributed by atoms with van der Waals surface area (Å²) in [6.45, 7) is 6.34. The third-order valence-corrected chi connectivity index (χ3v) is 3.68. The van der Waals surface area contributed by atoms with E-state index in [2.05, 4.69) is 13.8 Å². The molecule has 1 atom stereocenters. The standard InChI is InChI=1S/C13H18OS/c1-10(2)9-15-11(3)13(14)12-7-5-4-6-8-12/h4-8,10-11H,9H2,1-3H3. The predicted molar refractivity (Wildman–Crippen MR) is 67.5 cm³/mol. The van der Waals surface area contributed by atoms with Gasteiger partial charge in [0.15, 0.2) is 5.78 Å². The normalized spacial score (nSPS) is 12.8. The highest BCUT2D eigenvalue weighted by Gasteiger charge is 2.15. The third kappa shape index (κ3) is 4.08. The fraction of sp³-hybridized carbons (Fsp3) is 0.462. The summed E-state index contributed by atoms with van der Waals surface area (Å²) in [7, 11) is 0. The first kappa shape index (κ1) is 12.3. The highest BCUT2D eigenvalue weighted by Crippen LogP contribution is 2.18. The molecule has 1 unspecified atom stereocenters. The van der Waals surface area contributed by atoms with Crippen molar-refractivity contribution in [2.75, 3.05) is 5.75 Å². The summed E-state index contributed by atoms with van der Waals surface area (Å²) in [5, 5.41) is 0.0646. The summed E-state index contributed by atoms with van der Waals surface area (Å²) in [6.07, 6.45) is 0. The van der Waals surface area contributed by atoms with E-state index in [1.807, 2.05) is 37.3 Å². The molecule has 0 radical (unpaired) electrons. The highest BCUT2D eigenvalue weighted by atomic mass is 32.2. The Kier molecular flexibility index (Phi) is 4.89. The first-order valence-electron chi connectivity index (χ1n) is 5.32. The van der Waals surface area contributed by atoms with Gasteiger partial charge < -0.3 is 0 Å². The molecule has 0 bridgehead atoms. The molecular weight excluding hydrogens is 204 g/mol. The lowest BCUT2D eigenvalue weighted by Crippen LogP contribution is -2.14. The number of benzene rings is 1. The van der Waals surface area contributed by atoms with Gasteiger partial charge in [0.25, 0.3) is 0 Å². The average molecular weight is 222 g/mol. The molecule has 1 aromatic carbocycles. The first-order valence-corrected chi connectivity index (χ1v) is 6.37. The Balaban J connectivity index is 2.54. The monoisotopic (exact) mass is 222 g/mol. The van der Waals surface area contributed by atoms with Gasteiger partial charge in [-0.15, -0.1) is 0 Å². The number of rotatable bonds is 5. The van der Waals surface area contributed by atoms with E-state index in [0.29, 0.717) is 5.92 Å². The van der Waals surface area contributed by atoms with Crippen molar-refractivity contribution in [2.45, 2.75) is 26.0 Å². The lowest BCUT2D eigenvalue weighted by atomic mass is 10.1. The van der Waals surface area contributed by atoms with Crippen LogP contribution in [0.25, 0.3) is 0 Å². The minimum atomic E-state index is 0.0646. The van der Waals surface area contributed by atoms with E-state index in [1.165, 1.54) is 0 Å². The molecule has 0 aliphatic carbocycles. The molecular formula is C13H18OS. The van der Waals surface area contributed by atoms with Crippen molar-refractivity contribution in [2.24, 2.45) is 5.92 Å². The number of carbonyl (C=O) groups excluding carboxylic acids is 1. The maximum atomic E-state index is 11.9. The zero-order valence-electron chi connectivity index (χ0n) is 9.57. The van der Waals surface area contributed by atoms with Crippen LogP contribution in [0.4, 0.5) is 0 Å². The Morgan fingerprint density at radius 2 is 1.80 bits per heavy atom. The van der Waals surface area contributed by atoms with Gasteiger partial charge in [-0.25, -0.2) is 0 Å². The van der Waals surface area contributed by atoms with Crippen LogP contribution in [0.1, 0.15) is 31.1 Å². The number of carbonyl (C=O) groups is 1. The Labute approximate surface area is 96.3 Å². The smallest absolute Gasteiger partial charge is 0.175 e. The summed E-state index contributed by atoms with van der Waals surface area (Å²) >= 11 is 1.74. The molecule has 0 fully saturated rings. The number of Topliss-reactive ketones (excluding diaryl/α,β-unsaturated/α-hetero) is 1. The number of thioether (sulfide) groups is 1. The van der Waals surface area contributed by atoms with E-state index in [0.717, 1.165) is 11.3 Å². The van der Waals surface area contributed by atoms with E-state index in [-0.39, 0.29) is 11.0 Å². The molecule has 0 saturated heterocycles. The summed E-state index contributed by atoms with van der Waals surface area (Å²) in [6, 6.07) is 9.52. The quantitative estimate of drug-likeness (QED) is 0.707. The zero-order valence-corrected chi connectivity index (χ0v) is 10.4. The first-order chi connectivity index (χ1) is 7.11. The molecule has 1 aromatic rings. The van der Waals surface area contributed by atoms with Gasteiger partial charge in [0.1, 0.15) is 0 Å². The van der Waals surface area contributed by atoms with E-state index in [4.69, 9.17) is 0 Å². The van der Waals surface area contributed by atoms with Crippen molar-refractivity contribution >= 4 is 17.5 Å². The van der Waals surface area contributed by atoms with Crippen molar-refractivity contribution in [1.29, 1.82) is 0 Å². The van der Waals surface area contributed by atoms with E-state index in [1.54, 1.807) is 11.8 Å².